The minimum absolute atomic E-state index is 0.0969. The molecular formula is C15H17F2NO3. The number of aliphatic carboxylic acids is 1. The molecule has 3 rings (SSSR count). The Labute approximate surface area is 121 Å². The summed E-state index contributed by atoms with van der Waals surface area (Å²) in [5.74, 6) is -2.65. The maximum absolute atomic E-state index is 13.7. The zero-order chi connectivity index (χ0) is 15.0. The molecule has 4 nitrogen and oxygen atoms in total. The van der Waals surface area contributed by atoms with Gasteiger partial charge in [0.15, 0.2) is 11.6 Å². The van der Waals surface area contributed by atoms with Gasteiger partial charge in [-0.05, 0) is 12.5 Å². The second-order valence-corrected chi connectivity index (χ2v) is 5.87. The van der Waals surface area contributed by atoms with Crippen molar-refractivity contribution in [2.75, 3.05) is 26.3 Å². The third-order valence-corrected chi connectivity index (χ3v) is 4.63. The van der Waals surface area contributed by atoms with Crippen molar-refractivity contribution >= 4 is 5.97 Å². The summed E-state index contributed by atoms with van der Waals surface area (Å²) in [4.78, 5) is 13.5. The number of likely N-dealkylation sites (tertiary alicyclic amines) is 1. The van der Waals surface area contributed by atoms with E-state index in [9.17, 15) is 18.7 Å². The highest BCUT2D eigenvalue weighted by Gasteiger charge is 2.53. The van der Waals surface area contributed by atoms with Crippen LogP contribution >= 0.6 is 0 Å². The quantitative estimate of drug-likeness (QED) is 0.925. The molecule has 2 atom stereocenters. The Morgan fingerprint density at radius 2 is 2.29 bits per heavy atom. The van der Waals surface area contributed by atoms with Crippen molar-refractivity contribution in [3.05, 3.63) is 35.4 Å². The van der Waals surface area contributed by atoms with Gasteiger partial charge in [-0.1, -0.05) is 12.1 Å². The molecule has 2 saturated heterocycles. The SMILES string of the molecule is O=C(O)[C@]12CCOC[C@H]1CN(Cc1cccc(F)c1F)C2. The number of fused-ring (bicyclic) bond motifs is 1. The minimum atomic E-state index is -0.875. The second kappa shape index (κ2) is 5.35. The second-order valence-electron chi connectivity index (χ2n) is 5.87. The van der Waals surface area contributed by atoms with Gasteiger partial charge in [-0.3, -0.25) is 9.69 Å². The van der Waals surface area contributed by atoms with Crippen molar-refractivity contribution < 1.29 is 23.4 Å². The lowest BCUT2D eigenvalue weighted by Gasteiger charge is -2.34. The topological polar surface area (TPSA) is 49.8 Å². The van der Waals surface area contributed by atoms with E-state index in [0.29, 0.717) is 32.7 Å². The molecule has 0 spiro atoms. The van der Waals surface area contributed by atoms with E-state index in [2.05, 4.69) is 0 Å². The first kappa shape index (κ1) is 14.4. The van der Waals surface area contributed by atoms with Gasteiger partial charge in [0.05, 0.1) is 12.0 Å². The van der Waals surface area contributed by atoms with Crippen LogP contribution in [0.25, 0.3) is 0 Å². The summed E-state index contributed by atoms with van der Waals surface area (Å²) in [6.45, 7) is 1.95. The van der Waals surface area contributed by atoms with Crippen LogP contribution < -0.4 is 0 Å². The molecule has 1 aromatic carbocycles. The molecule has 0 aliphatic carbocycles. The summed E-state index contributed by atoms with van der Waals surface area (Å²) < 4.78 is 32.4. The molecule has 0 radical (unpaired) electrons. The summed E-state index contributed by atoms with van der Waals surface area (Å²) in [5, 5.41) is 9.57. The number of carbonyl (C=O) groups is 1. The number of benzene rings is 1. The van der Waals surface area contributed by atoms with Gasteiger partial charge in [-0.2, -0.15) is 0 Å². The largest absolute Gasteiger partial charge is 0.481 e. The predicted octanol–water partition coefficient (Wildman–Crippen LogP) is 1.89. The molecule has 0 bridgehead atoms. The first-order chi connectivity index (χ1) is 10.0. The number of ether oxygens (including phenoxy) is 1. The third kappa shape index (κ3) is 2.42. The van der Waals surface area contributed by atoms with Gasteiger partial charge in [-0.25, -0.2) is 8.78 Å². The predicted molar refractivity (Wildman–Crippen MR) is 70.6 cm³/mol. The van der Waals surface area contributed by atoms with Crippen molar-refractivity contribution in [1.29, 1.82) is 0 Å². The molecule has 2 aliphatic rings. The number of halogens is 2. The first-order valence-electron chi connectivity index (χ1n) is 6.99. The molecule has 2 heterocycles. The van der Waals surface area contributed by atoms with E-state index in [1.807, 2.05) is 4.90 Å². The molecule has 1 aromatic rings. The van der Waals surface area contributed by atoms with Gasteiger partial charge in [0.25, 0.3) is 0 Å². The number of hydrogen-bond acceptors (Lipinski definition) is 3. The van der Waals surface area contributed by atoms with E-state index in [-0.39, 0.29) is 18.0 Å². The molecule has 0 unspecified atom stereocenters. The lowest BCUT2D eigenvalue weighted by molar-refractivity contribution is -0.157. The van der Waals surface area contributed by atoms with Crippen molar-refractivity contribution in [3.8, 4) is 0 Å². The highest BCUT2D eigenvalue weighted by molar-refractivity contribution is 5.76. The van der Waals surface area contributed by atoms with Crippen LogP contribution in [0.3, 0.4) is 0 Å². The van der Waals surface area contributed by atoms with E-state index in [0.717, 1.165) is 6.07 Å². The minimum Gasteiger partial charge on any atom is -0.481 e. The number of carboxylic acids is 1. The number of nitrogens with zero attached hydrogens (tertiary/aromatic N) is 1. The summed E-state index contributed by atoms with van der Waals surface area (Å²) in [5.41, 5.74) is -0.558. The average molecular weight is 297 g/mol. The third-order valence-electron chi connectivity index (χ3n) is 4.63. The van der Waals surface area contributed by atoms with Crippen LogP contribution in [0.2, 0.25) is 0 Å². The molecule has 6 heteroatoms. The summed E-state index contributed by atoms with van der Waals surface area (Å²) in [7, 11) is 0. The average Bonchev–Trinajstić information content (AvgIpc) is 2.83. The molecule has 2 fully saturated rings. The van der Waals surface area contributed by atoms with Crippen molar-refractivity contribution in [2.24, 2.45) is 11.3 Å². The van der Waals surface area contributed by atoms with E-state index in [4.69, 9.17) is 4.74 Å². The number of hydrogen-bond donors (Lipinski definition) is 1. The molecule has 2 aliphatic heterocycles. The van der Waals surface area contributed by atoms with Crippen LogP contribution in [0.1, 0.15) is 12.0 Å². The standard InChI is InChI=1S/C15H17F2NO3/c16-12-3-1-2-10(13(12)17)6-18-7-11-8-21-5-4-15(11,9-18)14(19)20/h1-3,11H,4-9H2,(H,19,20)/t11-,15+/m1/s1. The van der Waals surface area contributed by atoms with E-state index >= 15 is 0 Å². The molecular weight excluding hydrogens is 280 g/mol. The van der Waals surface area contributed by atoms with Crippen LogP contribution in [0.4, 0.5) is 8.78 Å². The molecule has 0 saturated carbocycles. The van der Waals surface area contributed by atoms with Gasteiger partial charge in [-0.15, -0.1) is 0 Å². The Kier molecular flexibility index (Phi) is 3.67. The summed E-state index contributed by atoms with van der Waals surface area (Å²) in [6, 6.07) is 4.08. The van der Waals surface area contributed by atoms with Crippen molar-refractivity contribution in [3.63, 3.8) is 0 Å². The van der Waals surface area contributed by atoms with Gasteiger partial charge in [0, 0.05) is 37.7 Å². The fourth-order valence-corrected chi connectivity index (χ4v) is 3.44. The Morgan fingerprint density at radius 1 is 1.48 bits per heavy atom. The molecule has 114 valence electrons. The fraction of sp³-hybridized carbons (Fsp3) is 0.533. The Hall–Kier alpha value is -1.53. The number of rotatable bonds is 3. The van der Waals surface area contributed by atoms with E-state index in [1.54, 1.807) is 0 Å². The lowest BCUT2D eigenvalue weighted by atomic mass is 9.74. The molecule has 1 N–H and O–H groups in total. The van der Waals surface area contributed by atoms with Crippen LogP contribution in [-0.2, 0) is 16.1 Å². The highest BCUT2D eigenvalue weighted by Crippen LogP contribution is 2.42. The van der Waals surface area contributed by atoms with Gasteiger partial charge < -0.3 is 9.84 Å². The first-order valence-corrected chi connectivity index (χ1v) is 6.99. The van der Waals surface area contributed by atoms with Crippen LogP contribution in [-0.4, -0.2) is 42.3 Å². The van der Waals surface area contributed by atoms with Crippen molar-refractivity contribution in [2.45, 2.75) is 13.0 Å². The van der Waals surface area contributed by atoms with E-state index < -0.39 is 23.0 Å². The molecule has 0 aromatic heterocycles. The van der Waals surface area contributed by atoms with Crippen LogP contribution in [0.5, 0.6) is 0 Å². The van der Waals surface area contributed by atoms with Gasteiger partial charge in [0.1, 0.15) is 0 Å². The van der Waals surface area contributed by atoms with Crippen LogP contribution in [0.15, 0.2) is 18.2 Å². The Morgan fingerprint density at radius 3 is 3.00 bits per heavy atom. The summed E-state index contributed by atoms with van der Waals surface area (Å²) >= 11 is 0. The maximum atomic E-state index is 13.7. The highest BCUT2D eigenvalue weighted by atomic mass is 19.2. The van der Waals surface area contributed by atoms with E-state index in [1.165, 1.54) is 12.1 Å². The zero-order valence-corrected chi connectivity index (χ0v) is 11.5. The van der Waals surface area contributed by atoms with Gasteiger partial charge >= 0.3 is 5.97 Å². The normalized spacial score (nSPS) is 29.3. The molecule has 21 heavy (non-hydrogen) atoms. The Bertz CT molecular complexity index is 566. The lowest BCUT2D eigenvalue weighted by Crippen LogP contribution is -2.44. The monoisotopic (exact) mass is 297 g/mol. The number of carboxylic acid groups (broad SMARTS) is 1. The summed E-state index contributed by atoms with van der Waals surface area (Å²) in [6.07, 6.45) is 0.467. The maximum Gasteiger partial charge on any atom is 0.311 e. The fourth-order valence-electron chi connectivity index (χ4n) is 3.44. The smallest absolute Gasteiger partial charge is 0.311 e. The van der Waals surface area contributed by atoms with Gasteiger partial charge in [0.2, 0.25) is 0 Å². The Balaban J connectivity index is 1.79. The van der Waals surface area contributed by atoms with Crippen molar-refractivity contribution in [1.82, 2.24) is 4.90 Å². The molecule has 0 amide bonds. The zero-order valence-electron chi connectivity index (χ0n) is 11.5. The van der Waals surface area contributed by atoms with Crippen LogP contribution in [0, 0.1) is 23.0 Å².